The molecule has 2 unspecified atom stereocenters. The second-order valence-electron chi connectivity index (χ2n) is 5.52. The summed E-state index contributed by atoms with van der Waals surface area (Å²) in [5.41, 5.74) is 0.988. The number of methoxy groups -OCH3 is 1. The van der Waals surface area contributed by atoms with Crippen LogP contribution in [0.3, 0.4) is 0 Å². The Hall–Kier alpha value is -2.03. The van der Waals surface area contributed by atoms with Crippen molar-refractivity contribution in [3.05, 3.63) is 66.2 Å². The van der Waals surface area contributed by atoms with Gasteiger partial charge in [0.1, 0.15) is 6.04 Å². The molecule has 2 aromatic rings. The van der Waals surface area contributed by atoms with Gasteiger partial charge in [0.05, 0.1) is 26.2 Å². The maximum Gasteiger partial charge on any atom is 0.323 e. The molecule has 26 heavy (non-hydrogen) atoms. The summed E-state index contributed by atoms with van der Waals surface area (Å²) in [7, 11) is 1.35. The van der Waals surface area contributed by atoms with E-state index in [0.29, 0.717) is 6.42 Å². The van der Waals surface area contributed by atoms with Crippen LogP contribution in [-0.4, -0.2) is 25.7 Å². The van der Waals surface area contributed by atoms with Crippen LogP contribution in [0, 0.1) is 11.3 Å². The van der Waals surface area contributed by atoms with Crippen LogP contribution in [0.1, 0.15) is 12.0 Å². The van der Waals surface area contributed by atoms with Crippen molar-refractivity contribution in [1.29, 1.82) is 5.26 Å². The molecule has 0 amide bonds. The first-order valence-corrected chi connectivity index (χ1v) is 10.9. The minimum atomic E-state index is -2.73. The topological polar surface area (TPSA) is 71.3 Å². The molecule has 0 saturated carbocycles. The minimum absolute atomic E-state index is 0.203. The van der Waals surface area contributed by atoms with Gasteiger partial charge >= 0.3 is 5.97 Å². The molecule has 1 N–H and O–H groups in total. The molecule has 0 fully saturated rings. The predicted molar refractivity (Wildman–Crippen MR) is 106 cm³/mol. The summed E-state index contributed by atoms with van der Waals surface area (Å²) < 4.78 is 10.9. The molecule has 0 bridgehead atoms. The summed E-state index contributed by atoms with van der Waals surface area (Å²) in [6.45, 7) is 0.203. The van der Waals surface area contributed by atoms with E-state index in [9.17, 15) is 4.79 Å². The Morgan fingerprint density at radius 3 is 2.38 bits per heavy atom. The average molecular weight is 388 g/mol. The van der Waals surface area contributed by atoms with Crippen molar-refractivity contribution in [3.8, 4) is 6.07 Å². The molecule has 2 aromatic carbocycles. The molecular weight excluding hydrogens is 367 g/mol. The van der Waals surface area contributed by atoms with Crippen LogP contribution in [0.15, 0.2) is 60.7 Å². The van der Waals surface area contributed by atoms with Crippen molar-refractivity contribution in [1.82, 2.24) is 5.09 Å². The summed E-state index contributed by atoms with van der Waals surface area (Å²) in [4.78, 5) is 12.3. The number of ether oxygens (including phenoxy) is 1. The molecule has 136 valence electrons. The second kappa shape index (κ2) is 10.2. The number of rotatable bonds is 9. The summed E-state index contributed by atoms with van der Waals surface area (Å²) >= 11 is 5.80. The maximum atomic E-state index is 12.3. The van der Waals surface area contributed by atoms with Gasteiger partial charge in [0.2, 0.25) is 0 Å². The zero-order valence-electron chi connectivity index (χ0n) is 14.5. The van der Waals surface area contributed by atoms with E-state index < -0.39 is 18.4 Å². The SMILES string of the molecule is COC(=O)C(Cc1ccccc1)NP(=S)(OCCC#N)c1ccccc1. The predicted octanol–water partition coefficient (Wildman–Crippen LogP) is 2.93. The van der Waals surface area contributed by atoms with Gasteiger partial charge in [-0.05, 0) is 23.8 Å². The molecule has 5 nitrogen and oxygen atoms in total. The zero-order valence-corrected chi connectivity index (χ0v) is 16.2. The lowest BCUT2D eigenvalue weighted by atomic mass is 10.1. The van der Waals surface area contributed by atoms with Crippen molar-refractivity contribution >= 4 is 29.5 Å². The first-order chi connectivity index (χ1) is 12.6. The summed E-state index contributed by atoms with van der Waals surface area (Å²) in [5.74, 6) is -0.400. The van der Waals surface area contributed by atoms with E-state index in [4.69, 9.17) is 26.3 Å². The quantitative estimate of drug-likeness (QED) is 0.405. The van der Waals surface area contributed by atoms with Crippen LogP contribution in [0.5, 0.6) is 0 Å². The molecular formula is C19H21N2O3PS. The van der Waals surface area contributed by atoms with E-state index in [0.717, 1.165) is 10.9 Å². The number of hydrogen-bond donors (Lipinski definition) is 1. The summed E-state index contributed by atoms with van der Waals surface area (Å²) in [6.07, 6.45) is -2.07. The van der Waals surface area contributed by atoms with Crippen molar-refractivity contribution in [2.75, 3.05) is 13.7 Å². The number of carbonyl (C=O) groups is 1. The lowest BCUT2D eigenvalue weighted by molar-refractivity contribution is -0.142. The number of hydrogen-bond acceptors (Lipinski definition) is 5. The van der Waals surface area contributed by atoms with Gasteiger partial charge in [-0.2, -0.15) is 5.26 Å². The van der Waals surface area contributed by atoms with Gasteiger partial charge < -0.3 is 9.26 Å². The third kappa shape index (κ3) is 5.76. The monoisotopic (exact) mass is 388 g/mol. The highest BCUT2D eigenvalue weighted by Crippen LogP contribution is 2.42. The Bertz CT molecular complexity index is 793. The van der Waals surface area contributed by atoms with Crippen LogP contribution in [-0.2, 0) is 32.3 Å². The highest BCUT2D eigenvalue weighted by molar-refractivity contribution is 8.14. The molecule has 0 aliphatic heterocycles. The van der Waals surface area contributed by atoms with Crippen LogP contribution in [0.4, 0.5) is 0 Å². The number of carbonyl (C=O) groups excluding carboxylic acids is 1. The number of nitrogens with zero attached hydrogens (tertiary/aromatic N) is 1. The first-order valence-electron chi connectivity index (χ1n) is 8.16. The number of nitriles is 1. The van der Waals surface area contributed by atoms with Crippen molar-refractivity contribution in [2.45, 2.75) is 18.9 Å². The zero-order chi connectivity index (χ0) is 18.8. The Balaban J connectivity index is 2.28. The second-order valence-corrected chi connectivity index (χ2v) is 9.20. The van der Waals surface area contributed by atoms with Gasteiger partial charge in [-0.3, -0.25) is 9.88 Å². The molecule has 2 rings (SSSR count). The molecule has 0 aromatic heterocycles. The molecule has 0 heterocycles. The van der Waals surface area contributed by atoms with E-state index >= 15 is 0 Å². The smallest absolute Gasteiger partial charge is 0.323 e. The van der Waals surface area contributed by atoms with E-state index in [1.807, 2.05) is 66.7 Å². The highest BCUT2D eigenvalue weighted by atomic mass is 32.4. The van der Waals surface area contributed by atoms with Crippen molar-refractivity contribution in [3.63, 3.8) is 0 Å². The van der Waals surface area contributed by atoms with Gasteiger partial charge in [0.25, 0.3) is 0 Å². The summed E-state index contributed by atoms with van der Waals surface area (Å²) in [5, 5.41) is 12.8. The highest BCUT2D eigenvalue weighted by Gasteiger charge is 2.29. The van der Waals surface area contributed by atoms with Gasteiger partial charge in [-0.1, -0.05) is 60.7 Å². The normalized spacial score (nSPS) is 14.0. The number of nitrogens with one attached hydrogen (secondary N) is 1. The van der Waals surface area contributed by atoms with Gasteiger partial charge in [0, 0.05) is 5.30 Å². The number of esters is 1. The Labute approximate surface area is 159 Å². The van der Waals surface area contributed by atoms with E-state index in [1.54, 1.807) is 0 Å². The lowest BCUT2D eigenvalue weighted by Gasteiger charge is -2.28. The Morgan fingerprint density at radius 2 is 1.81 bits per heavy atom. The molecule has 0 spiro atoms. The molecule has 0 aliphatic rings. The fourth-order valence-corrected chi connectivity index (χ4v) is 5.27. The third-order valence-electron chi connectivity index (χ3n) is 3.68. The van der Waals surface area contributed by atoms with Gasteiger partial charge in [-0.25, -0.2) is 0 Å². The van der Waals surface area contributed by atoms with Crippen molar-refractivity contribution < 1.29 is 14.1 Å². The minimum Gasteiger partial charge on any atom is -0.468 e. The Kier molecular flexibility index (Phi) is 7.96. The maximum absolute atomic E-state index is 12.3. The van der Waals surface area contributed by atoms with Crippen LogP contribution in [0.2, 0.25) is 0 Å². The van der Waals surface area contributed by atoms with Crippen LogP contribution in [0.25, 0.3) is 0 Å². The fourth-order valence-electron chi connectivity index (χ4n) is 2.41. The molecule has 0 radical (unpaired) electrons. The van der Waals surface area contributed by atoms with Gasteiger partial charge in [0.15, 0.2) is 6.42 Å². The Morgan fingerprint density at radius 1 is 1.19 bits per heavy atom. The lowest BCUT2D eigenvalue weighted by Crippen LogP contribution is -2.40. The van der Waals surface area contributed by atoms with E-state index in [1.165, 1.54) is 7.11 Å². The average Bonchev–Trinajstić information content (AvgIpc) is 2.68. The third-order valence-corrected chi connectivity index (χ3v) is 7.12. The standard InChI is InChI=1S/C19H21N2O3PS/c1-23-19(22)18(15-16-9-4-2-5-10-16)21-25(26,24-14-8-13-20)17-11-6-3-7-12-17/h2-7,9-12,18H,8,14-15H2,1H3,(H,21,26). The molecule has 0 saturated heterocycles. The van der Waals surface area contributed by atoms with Crippen LogP contribution < -0.4 is 10.4 Å². The number of benzene rings is 2. The van der Waals surface area contributed by atoms with Crippen molar-refractivity contribution in [2.24, 2.45) is 0 Å². The van der Waals surface area contributed by atoms with Crippen LogP contribution >= 0.6 is 6.42 Å². The molecule has 7 heteroatoms. The molecule has 2 atom stereocenters. The summed E-state index contributed by atoms with van der Waals surface area (Å²) in [6, 6.07) is 20.4. The van der Waals surface area contributed by atoms with E-state index in [-0.39, 0.29) is 13.0 Å². The first kappa shape index (κ1) is 20.3. The fraction of sp³-hybridized carbons (Fsp3) is 0.263. The molecule has 0 aliphatic carbocycles. The largest absolute Gasteiger partial charge is 0.468 e. The van der Waals surface area contributed by atoms with Gasteiger partial charge in [-0.15, -0.1) is 0 Å². The van der Waals surface area contributed by atoms with E-state index in [2.05, 4.69) is 5.09 Å².